The lowest BCUT2D eigenvalue weighted by molar-refractivity contribution is 0.0530. The molecule has 0 aromatic carbocycles. The lowest BCUT2D eigenvalue weighted by atomic mass is 10.2. The van der Waals surface area contributed by atoms with Crippen molar-refractivity contribution >= 4 is 47.2 Å². The van der Waals surface area contributed by atoms with E-state index in [1.54, 1.807) is 14.0 Å². The third-order valence-corrected chi connectivity index (χ3v) is 5.34. The molecule has 0 aliphatic rings. The minimum atomic E-state index is -0.320. The first-order valence-corrected chi connectivity index (χ1v) is 10.5. The van der Waals surface area contributed by atoms with Crippen molar-refractivity contribution in [2.24, 2.45) is 4.99 Å². The molecule has 0 fully saturated rings. The monoisotopic (exact) mass is 541 g/mol. The molecule has 0 spiro atoms. The van der Waals surface area contributed by atoms with Crippen LogP contribution in [0.2, 0.25) is 0 Å². The average molecular weight is 542 g/mol. The Morgan fingerprint density at radius 1 is 1.31 bits per heavy atom. The van der Waals surface area contributed by atoms with Gasteiger partial charge in [-0.15, -0.1) is 35.3 Å². The standard InChI is InChI=1S/C19H35N5O3S.HI/c1-8-26-15(10-11-24(6)7)12-21-19(20-5)23-14(4)17-22-13(3)16(28-17)18(25)27-9-2;/h14-15H,8-12H2,1-7H3,(H2,20,21,23);1H. The van der Waals surface area contributed by atoms with Gasteiger partial charge >= 0.3 is 5.97 Å². The summed E-state index contributed by atoms with van der Waals surface area (Å²) in [5.41, 5.74) is 0.690. The summed E-state index contributed by atoms with van der Waals surface area (Å²) in [7, 11) is 5.84. The maximum atomic E-state index is 12.0. The second-order valence-electron chi connectivity index (χ2n) is 6.68. The molecule has 0 bridgehead atoms. The van der Waals surface area contributed by atoms with Crippen LogP contribution >= 0.6 is 35.3 Å². The molecular weight excluding hydrogens is 505 g/mol. The lowest BCUT2D eigenvalue weighted by Crippen LogP contribution is -2.43. The third-order valence-electron chi connectivity index (χ3n) is 4.02. The van der Waals surface area contributed by atoms with Gasteiger partial charge in [-0.25, -0.2) is 9.78 Å². The molecule has 1 heterocycles. The Morgan fingerprint density at radius 3 is 2.55 bits per heavy atom. The van der Waals surface area contributed by atoms with Crippen LogP contribution in [-0.4, -0.2) is 75.4 Å². The highest BCUT2D eigenvalue weighted by molar-refractivity contribution is 14.0. The van der Waals surface area contributed by atoms with Gasteiger partial charge in [0.1, 0.15) is 9.88 Å². The molecule has 0 radical (unpaired) electrons. The molecule has 0 saturated heterocycles. The van der Waals surface area contributed by atoms with Crippen molar-refractivity contribution in [2.75, 3.05) is 47.4 Å². The Morgan fingerprint density at radius 2 is 2.00 bits per heavy atom. The van der Waals surface area contributed by atoms with Gasteiger partial charge in [-0.05, 0) is 48.2 Å². The second kappa shape index (κ2) is 14.9. The molecule has 29 heavy (non-hydrogen) atoms. The van der Waals surface area contributed by atoms with Gasteiger partial charge in [0, 0.05) is 26.7 Å². The van der Waals surface area contributed by atoms with Crippen molar-refractivity contribution < 1.29 is 14.3 Å². The van der Waals surface area contributed by atoms with E-state index in [4.69, 9.17) is 9.47 Å². The van der Waals surface area contributed by atoms with E-state index in [0.29, 0.717) is 36.3 Å². The normalized spacial score (nSPS) is 13.6. The molecule has 0 aliphatic carbocycles. The molecule has 1 rings (SSSR count). The number of hydrogen-bond donors (Lipinski definition) is 2. The fourth-order valence-electron chi connectivity index (χ4n) is 2.54. The number of hydrogen-bond acceptors (Lipinski definition) is 7. The number of ether oxygens (including phenoxy) is 2. The van der Waals surface area contributed by atoms with Crippen LogP contribution in [0.1, 0.15) is 53.6 Å². The van der Waals surface area contributed by atoms with E-state index in [1.807, 2.05) is 20.8 Å². The van der Waals surface area contributed by atoms with Gasteiger partial charge in [0.05, 0.1) is 24.4 Å². The molecule has 0 amide bonds. The Labute approximate surface area is 195 Å². The molecule has 168 valence electrons. The van der Waals surface area contributed by atoms with Crippen molar-refractivity contribution in [3.8, 4) is 0 Å². The summed E-state index contributed by atoms with van der Waals surface area (Å²) in [6, 6.07) is -0.0922. The number of carbonyl (C=O) groups is 1. The highest BCUT2D eigenvalue weighted by Crippen LogP contribution is 2.24. The minimum absolute atomic E-state index is 0. The van der Waals surface area contributed by atoms with Crippen LogP contribution in [0.4, 0.5) is 0 Å². The number of aryl methyl sites for hydroxylation is 1. The Balaban J connectivity index is 0.00000784. The number of nitrogens with zero attached hydrogens (tertiary/aromatic N) is 3. The van der Waals surface area contributed by atoms with E-state index >= 15 is 0 Å². The van der Waals surface area contributed by atoms with E-state index < -0.39 is 0 Å². The largest absolute Gasteiger partial charge is 0.462 e. The SMILES string of the molecule is CCOC(=O)c1sc(C(C)NC(=NC)NCC(CCN(C)C)OCC)nc1C.I. The molecule has 0 aliphatic heterocycles. The predicted molar refractivity (Wildman–Crippen MR) is 130 cm³/mol. The number of carbonyl (C=O) groups excluding carboxylic acids is 1. The topological polar surface area (TPSA) is 88.1 Å². The van der Waals surface area contributed by atoms with Crippen molar-refractivity contribution in [2.45, 2.75) is 46.3 Å². The fraction of sp³-hybridized carbons (Fsp3) is 0.737. The highest BCUT2D eigenvalue weighted by Gasteiger charge is 2.20. The van der Waals surface area contributed by atoms with E-state index in [1.165, 1.54) is 11.3 Å². The smallest absolute Gasteiger partial charge is 0.350 e. The number of aliphatic imine (C=N–C) groups is 1. The molecule has 8 nitrogen and oxygen atoms in total. The number of aromatic nitrogens is 1. The summed E-state index contributed by atoms with van der Waals surface area (Å²) in [6.07, 6.45) is 1.05. The lowest BCUT2D eigenvalue weighted by Gasteiger charge is -2.22. The number of rotatable bonds is 11. The quantitative estimate of drug-likeness (QED) is 0.193. The number of thiazole rings is 1. The molecule has 2 unspecified atom stereocenters. The van der Waals surface area contributed by atoms with Crippen molar-refractivity contribution in [3.05, 3.63) is 15.6 Å². The van der Waals surface area contributed by atoms with Crippen molar-refractivity contribution in [3.63, 3.8) is 0 Å². The zero-order valence-electron chi connectivity index (χ0n) is 18.6. The summed E-state index contributed by atoms with van der Waals surface area (Å²) >= 11 is 1.35. The van der Waals surface area contributed by atoms with Crippen LogP contribution in [0.5, 0.6) is 0 Å². The predicted octanol–water partition coefficient (Wildman–Crippen LogP) is 2.83. The van der Waals surface area contributed by atoms with Gasteiger partial charge in [-0.1, -0.05) is 0 Å². The maximum Gasteiger partial charge on any atom is 0.350 e. The Hall–Kier alpha value is -0.980. The molecule has 1 aromatic rings. The molecule has 0 saturated carbocycles. The average Bonchev–Trinajstić information content (AvgIpc) is 3.04. The fourth-order valence-corrected chi connectivity index (χ4v) is 3.51. The second-order valence-corrected chi connectivity index (χ2v) is 7.71. The first kappa shape index (κ1) is 28.0. The molecular formula is C19H36IN5O3S. The van der Waals surface area contributed by atoms with Crippen LogP contribution in [0.3, 0.4) is 0 Å². The maximum absolute atomic E-state index is 12.0. The highest BCUT2D eigenvalue weighted by atomic mass is 127. The van der Waals surface area contributed by atoms with Crippen LogP contribution in [0.15, 0.2) is 4.99 Å². The van der Waals surface area contributed by atoms with E-state index in [-0.39, 0.29) is 42.1 Å². The van der Waals surface area contributed by atoms with Gasteiger partial charge in [0.15, 0.2) is 5.96 Å². The third kappa shape index (κ3) is 10.1. The van der Waals surface area contributed by atoms with Crippen molar-refractivity contribution in [1.29, 1.82) is 0 Å². The Bertz CT molecular complexity index is 639. The van der Waals surface area contributed by atoms with Gasteiger partial charge in [-0.3, -0.25) is 4.99 Å². The number of halogens is 1. The summed E-state index contributed by atoms with van der Waals surface area (Å²) in [4.78, 5) is 23.5. The molecule has 2 atom stereocenters. The van der Waals surface area contributed by atoms with E-state index in [9.17, 15) is 4.79 Å². The summed E-state index contributed by atoms with van der Waals surface area (Å²) < 4.78 is 10.9. The van der Waals surface area contributed by atoms with Gasteiger partial charge < -0.3 is 25.0 Å². The van der Waals surface area contributed by atoms with Crippen LogP contribution in [-0.2, 0) is 9.47 Å². The zero-order valence-corrected chi connectivity index (χ0v) is 21.7. The number of nitrogens with one attached hydrogen (secondary N) is 2. The molecule has 1 aromatic heterocycles. The summed E-state index contributed by atoms with van der Waals surface area (Å²) in [6.45, 7) is 10.3. The number of esters is 1. The van der Waals surface area contributed by atoms with Gasteiger partial charge in [0.2, 0.25) is 0 Å². The zero-order chi connectivity index (χ0) is 21.1. The number of guanidine groups is 1. The Kier molecular flexibility index (Phi) is 14.4. The van der Waals surface area contributed by atoms with Crippen molar-refractivity contribution in [1.82, 2.24) is 20.5 Å². The van der Waals surface area contributed by atoms with E-state index in [2.05, 4.69) is 39.6 Å². The minimum Gasteiger partial charge on any atom is -0.462 e. The first-order chi connectivity index (χ1) is 13.3. The molecule has 10 heteroatoms. The summed E-state index contributed by atoms with van der Waals surface area (Å²) in [5, 5.41) is 7.47. The van der Waals surface area contributed by atoms with Gasteiger partial charge in [-0.2, -0.15) is 0 Å². The first-order valence-electron chi connectivity index (χ1n) is 9.70. The van der Waals surface area contributed by atoms with Crippen LogP contribution in [0, 0.1) is 6.92 Å². The van der Waals surface area contributed by atoms with Crippen LogP contribution < -0.4 is 10.6 Å². The molecule has 2 N–H and O–H groups in total. The summed E-state index contributed by atoms with van der Waals surface area (Å²) in [5.74, 6) is 0.353. The van der Waals surface area contributed by atoms with Gasteiger partial charge in [0.25, 0.3) is 0 Å². The van der Waals surface area contributed by atoms with E-state index in [0.717, 1.165) is 18.0 Å². The van der Waals surface area contributed by atoms with Crippen LogP contribution in [0.25, 0.3) is 0 Å².